The summed E-state index contributed by atoms with van der Waals surface area (Å²) in [5.74, 6) is -1.23. The number of alkyl halides is 1. The van der Waals surface area contributed by atoms with Gasteiger partial charge in [-0.2, -0.15) is 0 Å². The van der Waals surface area contributed by atoms with Crippen molar-refractivity contribution >= 4 is 40.7 Å². The minimum absolute atomic E-state index is 0.0723. The predicted molar refractivity (Wildman–Crippen MR) is 78.6 cm³/mol. The SMILES string of the molecule is CN1CC(=O)OB(C(=O)C(Br)c2ccccc2)OC(=O)C1. The molecule has 2 rings (SSSR count). The minimum Gasteiger partial charge on any atom is -0.492 e. The van der Waals surface area contributed by atoms with Crippen LogP contribution in [-0.2, 0) is 23.7 Å². The van der Waals surface area contributed by atoms with Gasteiger partial charge in [0.25, 0.3) is 0 Å². The van der Waals surface area contributed by atoms with Gasteiger partial charge in [-0.25, -0.2) is 0 Å². The van der Waals surface area contributed by atoms with Gasteiger partial charge in [-0.3, -0.25) is 19.3 Å². The van der Waals surface area contributed by atoms with E-state index in [-0.39, 0.29) is 13.1 Å². The van der Waals surface area contributed by atoms with E-state index >= 15 is 0 Å². The fourth-order valence-electron chi connectivity index (χ4n) is 1.86. The summed E-state index contributed by atoms with van der Waals surface area (Å²) < 4.78 is 9.87. The summed E-state index contributed by atoms with van der Waals surface area (Å²) in [5, 5.41) is 0. The standard InChI is InChI=1S/C13H13BBrNO5/c1-16-7-10(17)20-14(21-11(18)8-16)13(19)12(15)9-5-3-2-4-6-9/h2-6,12H,7-8H2,1H3. The molecule has 0 bridgehead atoms. The van der Waals surface area contributed by atoms with Crippen molar-refractivity contribution < 1.29 is 23.7 Å². The molecule has 0 aliphatic carbocycles. The fraction of sp³-hybridized carbons (Fsp3) is 0.308. The zero-order chi connectivity index (χ0) is 15.4. The van der Waals surface area contributed by atoms with Crippen LogP contribution >= 0.6 is 15.9 Å². The topological polar surface area (TPSA) is 72.9 Å². The molecule has 110 valence electrons. The van der Waals surface area contributed by atoms with Gasteiger partial charge in [0.1, 0.15) is 0 Å². The molecule has 6 nitrogen and oxygen atoms in total. The molecule has 1 aromatic rings. The Kier molecular flexibility index (Phi) is 5.14. The zero-order valence-electron chi connectivity index (χ0n) is 11.3. The number of benzene rings is 1. The molecule has 0 amide bonds. The summed E-state index contributed by atoms with van der Waals surface area (Å²) >= 11 is 3.24. The van der Waals surface area contributed by atoms with E-state index in [0.717, 1.165) is 0 Å². The highest BCUT2D eigenvalue weighted by atomic mass is 79.9. The number of nitrogens with zero attached hydrogens (tertiary/aromatic N) is 1. The van der Waals surface area contributed by atoms with Crippen molar-refractivity contribution in [2.24, 2.45) is 0 Å². The Morgan fingerprint density at radius 3 is 2.24 bits per heavy atom. The van der Waals surface area contributed by atoms with Crippen LogP contribution in [0.3, 0.4) is 0 Å². The first-order chi connectivity index (χ1) is 9.97. The van der Waals surface area contributed by atoms with Crippen molar-refractivity contribution in [3.63, 3.8) is 0 Å². The largest absolute Gasteiger partial charge is 0.676 e. The first kappa shape index (κ1) is 15.7. The van der Waals surface area contributed by atoms with Crippen LogP contribution in [0.1, 0.15) is 10.4 Å². The molecule has 1 aliphatic heterocycles. The molecule has 1 aromatic carbocycles. The van der Waals surface area contributed by atoms with E-state index < -0.39 is 29.6 Å². The molecule has 0 N–H and O–H groups in total. The highest BCUT2D eigenvalue weighted by molar-refractivity contribution is 9.09. The fourth-order valence-corrected chi connectivity index (χ4v) is 2.38. The summed E-state index contributed by atoms with van der Waals surface area (Å²) in [5.41, 5.74) is 0.154. The first-order valence-electron chi connectivity index (χ1n) is 6.27. The average molecular weight is 354 g/mol. The van der Waals surface area contributed by atoms with E-state index in [1.165, 1.54) is 4.90 Å². The number of carbonyl (C=O) groups is 3. The molecule has 0 radical (unpaired) electrons. The van der Waals surface area contributed by atoms with E-state index in [0.29, 0.717) is 5.56 Å². The number of likely N-dealkylation sites (N-methyl/N-ethyl adjacent to an activating group) is 1. The van der Waals surface area contributed by atoms with Crippen molar-refractivity contribution in [1.82, 2.24) is 4.90 Å². The van der Waals surface area contributed by atoms with E-state index in [4.69, 9.17) is 9.31 Å². The Morgan fingerprint density at radius 2 is 1.71 bits per heavy atom. The average Bonchev–Trinajstić information content (AvgIpc) is 2.44. The maximum Gasteiger partial charge on any atom is 0.676 e. The highest BCUT2D eigenvalue weighted by Crippen LogP contribution is 2.25. The summed E-state index contributed by atoms with van der Waals surface area (Å²) in [7, 11) is 0.0605. The van der Waals surface area contributed by atoms with Crippen LogP contribution < -0.4 is 0 Å². The van der Waals surface area contributed by atoms with Crippen molar-refractivity contribution in [1.29, 1.82) is 0 Å². The number of hydrogen-bond acceptors (Lipinski definition) is 6. The molecule has 8 heteroatoms. The Hall–Kier alpha value is -1.67. The summed E-state index contributed by atoms with van der Waals surface area (Å²) in [6.07, 6.45) is 0. The van der Waals surface area contributed by atoms with Gasteiger partial charge in [-0.15, -0.1) is 0 Å². The van der Waals surface area contributed by atoms with Gasteiger partial charge < -0.3 is 9.31 Å². The van der Waals surface area contributed by atoms with Gasteiger partial charge in [0.2, 0.25) is 5.68 Å². The molecule has 1 aliphatic rings. The predicted octanol–water partition coefficient (Wildman–Crippen LogP) is 0.751. The van der Waals surface area contributed by atoms with E-state index in [2.05, 4.69) is 15.9 Å². The van der Waals surface area contributed by atoms with Crippen molar-refractivity contribution in [3.05, 3.63) is 35.9 Å². The third-order valence-electron chi connectivity index (χ3n) is 2.85. The Balaban J connectivity index is 2.13. The summed E-state index contributed by atoms with van der Waals surface area (Å²) in [6, 6.07) is 8.87. The molecule has 1 unspecified atom stereocenters. The normalized spacial score (nSPS) is 18.3. The van der Waals surface area contributed by atoms with Crippen LogP contribution in [-0.4, -0.2) is 49.8 Å². The number of hydrogen-bond donors (Lipinski definition) is 0. The molecule has 1 atom stereocenters. The van der Waals surface area contributed by atoms with Crippen molar-refractivity contribution in [2.45, 2.75) is 4.83 Å². The van der Waals surface area contributed by atoms with Gasteiger partial charge in [-0.1, -0.05) is 46.3 Å². The van der Waals surface area contributed by atoms with Crippen molar-refractivity contribution in [3.8, 4) is 0 Å². The van der Waals surface area contributed by atoms with Crippen LogP contribution in [0.5, 0.6) is 0 Å². The van der Waals surface area contributed by atoms with Gasteiger partial charge in [0, 0.05) is 0 Å². The molecule has 0 saturated carbocycles. The second kappa shape index (κ2) is 6.86. The van der Waals surface area contributed by atoms with Crippen LogP contribution in [0.15, 0.2) is 30.3 Å². The lowest BCUT2D eigenvalue weighted by molar-refractivity contribution is -0.147. The lowest BCUT2D eigenvalue weighted by Gasteiger charge is -2.22. The monoisotopic (exact) mass is 353 g/mol. The number of carbonyl (C=O) groups excluding carboxylic acids is 3. The molecule has 1 fully saturated rings. The maximum atomic E-state index is 12.3. The Morgan fingerprint density at radius 1 is 1.19 bits per heavy atom. The van der Waals surface area contributed by atoms with E-state index in [1.54, 1.807) is 31.3 Å². The molecule has 21 heavy (non-hydrogen) atoms. The first-order valence-corrected chi connectivity index (χ1v) is 7.19. The lowest BCUT2D eigenvalue weighted by Crippen LogP contribution is -2.47. The summed E-state index contributed by atoms with van der Waals surface area (Å²) in [4.78, 5) is 36.3. The van der Waals surface area contributed by atoms with Crippen LogP contribution in [0, 0.1) is 0 Å². The smallest absolute Gasteiger partial charge is 0.492 e. The molecular formula is C13H13BBrNO5. The molecule has 0 spiro atoms. The van der Waals surface area contributed by atoms with Gasteiger partial charge in [-0.05, 0) is 12.6 Å². The molecule has 1 saturated heterocycles. The van der Waals surface area contributed by atoms with E-state index in [1.807, 2.05) is 6.07 Å². The van der Waals surface area contributed by atoms with Crippen molar-refractivity contribution in [2.75, 3.05) is 20.1 Å². The summed E-state index contributed by atoms with van der Waals surface area (Å²) in [6.45, 7) is -0.145. The molecular weight excluding hydrogens is 341 g/mol. The quantitative estimate of drug-likeness (QED) is 0.589. The van der Waals surface area contributed by atoms with Crippen LogP contribution in [0.25, 0.3) is 0 Å². The van der Waals surface area contributed by atoms with Gasteiger partial charge in [0.05, 0.1) is 17.9 Å². The minimum atomic E-state index is -1.52. The Labute approximate surface area is 130 Å². The Bertz CT molecular complexity index is 533. The maximum absolute atomic E-state index is 12.3. The third kappa shape index (κ3) is 4.15. The van der Waals surface area contributed by atoms with Crippen LogP contribution in [0.2, 0.25) is 0 Å². The molecule has 0 aromatic heterocycles. The number of rotatable bonds is 3. The third-order valence-corrected chi connectivity index (χ3v) is 3.83. The van der Waals surface area contributed by atoms with Crippen LogP contribution in [0.4, 0.5) is 0 Å². The molecule has 1 heterocycles. The zero-order valence-corrected chi connectivity index (χ0v) is 12.9. The van der Waals surface area contributed by atoms with Gasteiger partial charge in [0.15, 0.2) is 0 Å². The van der Waals surface area contributed by atoms with Gasteiger partial charge >= 0.3 is 19.1 Å². The highest BCUT2D eigenvalue weighted by Gasteiger charge is 2.42. The second-order valence-electron chi connectivity index (χ2n) is 4.66. The van der Waals surface area contributed by atoms with E-state index in [9.17, 15) is 14.4 Å². The second-order valence-corrected chi connectivity index (χ2v) is 5.58. The number of halogens is 1. The lowest BCUT2D eigenvalue weighted by atomic mass is 9.79.